The maximum atomic E-state index is 12.6. The standard InChI is InChI=1S/C18H14N4OS/c1-12-20-17(10-24-12)15-4-2-3-5-16(15)21-18(23)13-6-7-14-8-19-11-22(14)9-13/h2-11H,1H3,(H,21,23). The van der Waals surface area contributed by atoms with Gasteiger partial charge in [0.05, 0.1) is 40.0 Å². The third-order valence-electron chi connectivity index (χ3n) is 3.74. The molecule has 24 heavy (non-hydrogen) atoms. The van der Waals surface area contributed by atoms with E-state index in [-0.39, 0.29) is 5.91 Å². The van der Waals surface area contributed by atoms with Crippen LogP contribution in [0.2, 0.25) is 0 Å². The largest absolute Gasteiger partial charge is 0.321 e. The van der Waals surface area contributed by atoms with E-state index in [1.807, 2.05) is 47.0 Å². The van der Waals surface area contributed by atoms with E-state index in [1.54, 1.807) is 36.1 Å². The van der Waals surface area contributed by atoms with Crippen molar-refractivity contribution < 1.29 is 4.79 Å². The van der Waals surface area contributed by atoms with Crippen LogP contribution in [0.25, 0.3) is 16.8 Å². The van der Waals surface area contributed by atoms with Crippen molar-refractivity contribution >= 4 is 28.4 Å². The highest BCUT2D eigenvalue weighted by atomic mass is 32.1. The molecular weight excluding hydrogens is 320 g/mol. The Hall–Kier alpha value is -2.99. The lowest BCUT2D eigenvalue weighted by atomic mass is 10.1. The number of nitrogens with one attached hydrogen (secondary N) is 1. The molecule has 0 bridgehead atoms. The Morgan fingerprint density at radius 2 is 2.08 bits per heavy atom. The van der Waals surface area contributed by atoms with Crippen LogP contribution in [0.3, 0.4) is 0 Å². The Morgan fingerprint density at radius 3 is 2.92 bits per heavy atom. The Kier molecular flexibility index (Phi) is 3.59. The second-order valence-corrected chi connectivity index (χ2v) is 6.46. The second-order valence-electron chi connectivity index (χ2n) is 5.40. The number of hydrogen-bond acceptors (Lipinski definition) is 4. The molecule has 118 valence electrons. The number of para-hydroxylation sites is 1. The number of anilines is 1. The molecule has 6 heteroatoms. The number of thiazole rings is 1. The highest BCUT2D eigenvalue weighted by Crippen LogP contribution is 2.29. The van der Waals surface area contributed by atoms with Gasteiger partial charge in [0.25, 0.3) is 5.91 Å². The van der Waals surface area contributed by atoms with E-state index in [9.17, 15) is 4.79 Å². The molecule has 0 aliphatic carbocycles. The van der Waals surface area contributed by atoms with E-state index in [1.165, 1.54) is 0 Å². The molecule has 0 radical (unpaired) electrons. The van der Waals surface area contributed by atoms with Crippen molar-refractivity contribution in [2.45, 2.75) is 6.92 Å². The van der Waals surface area contributed by atoms with E-state index in [0.717, 1.165) is 27.5 Å². The SMILES string of the molecule is Cc1nc(-c2ccccc2NC(=O)c2ccc3cncn3c2)cs1. The van der Waals surface area contributed by atoms with E-state index in [2.05, 4.69) is 15.3 Å². The summed E-state index contributed by atoms with van der Waals surface area (Å²) in [7, 11) is 0. The van der Waals surface area contributed by atoms with Gasteiger partial charge in [-0.3, -0.25) is 4.79 Å². The first-order valence-corrected chi connectivity index (χ1v) is 8.33. The first kappa shape index (κ1) is 14.6. The van der Waals surface area contributed by atoms with Gasteiger partial charge in [0.15, 0.2) is 0 Å². The van der Waals surface area contributed by atoms with Gasteiger partial charge in [-0.25, -0.2) is 9.97 Å². The summed E-state index contributed by atoms with van der Waals surface area (Å²) in [6, 6.07) is 11.4. The van der Waals surface area contributed by atoms with Crippen molar-refractivity contribution in [3.63, 3.8) is 0 Å². The fourth-order valence-electron chi connectivity index (χ4n) is 2.55. The van der Waals surface area contributed by atoms with Gasteiger partial charge in [-0.05, 0) is 25.1 Å². The quantitative estimate of drug-likeness (QED) is 0.615. The number of fused-ring (bicyclic) bond motifs is 1. The van der Waals surface area contributed by atoms with Crippen molar-refractivity contribution in [3.8, 4) is 11.3 Å². The highest BCUT2D eigenvalue weighted by molar-refractivity contribution is 7.09. The minimum Gasteiger partial charge on any atom is -0.321 e. The van der Waals surface area contributed by atoms with E-state index in [4.69, 9.17) is 0 Å². The molecule has 3 heterocycles. The normalized spacial score (nSPS) is 10.9. The number of rotatable bonds is 3. The van der Waals surface area contributed by atoms with Crippen molar-refractivity contribution in [1.29, 1.82) is 0 Å². The van der Waals surface area contributed by atoms with Crippen LogP contribution in [0, 0.1) is 6.92 Å². The first-order chi connectivity index (χ1) is 11.7. The number of aryl methyl sites for hydroxylation is 1. The van der Waals surface area contributed by atoms with Crippen LogP contribution in [-0.4, -0.2) is 20.3 Å². The molecule has 4 aromatic rings. The molecule has 0 aliphatic rings. The fourth-order valence-corrected chi connectivity index (χ4v) is 3.16. The van der Waals surface area contributed by atoms with Crippen molar-refractivity contribution in [2.24, 2.45) is 0 Å². The summed E-state index contributed by atoms with van der Waals surface area (Å²) in [6.07, 6.45) is 5.20. The molecule has 0 fully saturated rings. The number of carbonyl (C=O) groups is 1. The van der Waals surface area contributed by atoms with E-state index in [0.29, 0.717) is 5.56 Å². The summed E-state index contributed by atoms with van der Waals surface area (Å²) < 4.78 is 1.82. The van der Waals surface area contributed by atoms with E-state index >= 15 is 0 Å². The van der Waals surface area contributed by atoms with Gasteiger partial charge in [0.2, 0.25) is 0 Å². The first-order valence-electron chi connectivity index (χ1n) is 7.45. The molecule has 0 unspecified atom stereocenters. The predicted molar refractivity (Wildman–Crippen MR) is 95.4 cm³/mol. The Bertz CT molecular complexity index is 1030. The van der Waals surface area contributed by atoms with Crippen LogP contribution >= 0.6 is 11.3 Å². The van der Waals surface area contributed by atoms with E-state index < -0.39 is 0 Å². The van der Waals surface area contributed by atoms with Gasteiger partial charge < -0.3 is 9.72 Å². The number of hydrogen-bond donors (Lipinski definition) is 1. The molecule has 3 aromatic heterocycles. The van der Waals surface area contributed by atoms with Crippen LogP contribution in [0.1, 0.15) is 15.4 Å². The van der Waals surface area contributed by atoms with Gasteiger partial charge in [0, 0.05) is 17.1 Å². The zero-order valence-corrected chi connectivity index (χ0v) is 13.7. The van der Waals surface area contributed by atoms with Gasteiger partial charge >= 0.3 is 0 Å². The second kappa shape index (κ2) is 5.90. The highest BCUT2D eigenvalue weighted by Gasteiger charge is 2.12. The number of pyridine rings is 1. The van der Waals surface area contributed by atoms with Crippen LogP contribution < -0.4 is 5.32 Å². The molecule has 0 saturated heterocycles. The smallest absolute Gasteiger partial charge is 0.257 e. The predicted octanol–water partition coefficient (Wildman–Crippen LogP) is 4.02. The number of imidazole rings is 1. The summed E-state index contributed by atoms with van der Waals surface area (Å²) in [5, 5.41) is 5.98. The van der Waals surface area contributed by atoms with Crippen LogP contribution in [0.5, 0.6) is 0 Å². The number of aromatic nitrogens is 3. The molecule has 1 amide bonds. The molecule has 0 aliphatic heterocycles. The molecule has 4 rings (SSSR count). The third-order valence-corrected chi connectivity index (χ3v) is 4.51. The monoisotopic (exact) mass is 334 g/mol. The molecule has 0 atom stereocenters. The van der Waals surface area contributed by atoms with Crippen molar-refractivity contribution in [1.82, 2.24) is 14.4 Å². The third kappa shape index (κ3) is 2.68. The summed E-state index contributed by atoms with van der Waals surface area (Å²) >= 11 is 1.59. The van der Waals surface area contributed by atoms with Crippen molar-refractivity contribution in [3.05, 3.63) is 71.1 Å². The average Bonchev–Trinajstić information content (AvgIpc) is 3.23. The lowest BCUT2D eigenvalue weighted by Crippen LogP contribution is -2.13. The van der Waals surface area contributed by atoms with Crippen molar-refractivity contribution in [2.75, 3.05) is 5.32 Å². The molecule has 1 N–H and O–H groups in total. The Balaban J connectivity index is 1.66. The zero-order valence-electron chi connectivity index (χ0n) is 12.9. The van der Waals surface area contributed by atoms with Crippen LogP contribution in [-0.2, 0) is 0 Å². The summed E-state index contributed by atoms with van der Waals surface area (Å²) in [6.45, 7) is 1.97. The molecule has 0 spiro atoms. The Morgan fingerprint density at radius 1 is 1.21 bits per heavy atom. The van der Waals surface area contributed by atoms with Gasteiger partial charge in [-0.1, -0.05) is 18.2 Å². The van der Waals surface area contributed by atoms with Crippen LogP contribution in [0.4, 0.5) is 5.69 Å². The minimum absolute atomic E-state index is 0.162. The van der Waals surface area contributed by atoms with Gasteiger partial charge in [-0.2, -0.15) is 0 Å². The minimum atomic E-state index is -0.162. The molecule has 5 nitrogen and oxygen atoms in total. The number of nitrogens with zero attached hydrogens (tertiary/aromatic N) is 3. The number of carbonyl (C=O) groups excluding carboxylic acids is 1. The summed E-state index contributed by atoms with van der Waals surface area (Å²) in [4.78, 5) is 21.2. The molecule has 1 aromatic carbocycles. The topological polar surface area (TPSA) is 59.3 Å². The molecule has 0 saturated carbocycles. The maximum absolute atomic E-state index is 12.6. The Labute approximate surface area is 142 Å². The lowest BCUT2D eigenvalue weighted by molar-refractivity contribution is 0.102. The fraction of sp³-hybridized carbons (Fsp3) is 0.0556. The number of benzene rings is 1. The lowest BCUT2D eigenvalue weighted by Gasteiger charge is -2.10. The van der Waals surface area contributed by atoms with Gasteiger partial charge in [-0.15, -0.1) is 11.3 Å². The van der Waals surface area contributed by atoms with Crippen LogP contribution in [0.15, 0.2) is 60.5 Å². The summed E-state index contributed by atoms with van der Waals surface area (Å²) in [5.74, 6) is -0.162. The maximum Gasteiger partial charge on any atom is 0.257 e. The van der Waals surface area contributed by atoms with Gasteiger partial charge in [0.1, 0.15) is 0 Å². The average molecular weight is 334 g/mol. The number of amides is 1. The molecular formula is C18H14N4OS. The summed E-state index contributed by atoms with van der Waals surface area (Å²) in [5.41, 5.74) is 4.06. The zero-order chi connectivity index (χ0) is 16.5.